The van der Waals surface area contributed by atoms with Crippen LogP contribution in [0.3, 0.4) is 0 Å². The van der Waals surface area contributed by atoms with E-state index in [1.54, 1.807) is 0 Å². The van der Waals surface area contributed by atoms with Crippen molar-refractivity contribution >= 4 is 11.8 Å². The molecule has 0 bridgehead atoms. The fourth-order valence-corrected chi connectivity index (χ4v) is 1.79. The summed E-state index contributed by atoms with van der Waals surface area (Å²) in [5, 5.41) is 8.79. The first-order valence-electron chi connectivity index (χ1n) is 5.43. The summed E-state index contributed by atoms with van der Waals surface area (Å²) in [6, 6.07) is 0. The van der Waals surface area contributed by atoms with Crippen LogP contribution in [0.2, 0.25) is 0 Å². The molecule has 1 unspecified atom stereocenters. The summed E-state index contributed by atoms with van der Waals surface area (Å²) < 4.78 is 5.48. The average Bonchev–Trinajstić information content (AvgIpc) is 2.15. The van der Waals surface area contributed by atoms with Gasteiger partial charge in [0, 0.05) is 19.0 Å². The lowest BCUT2D eigenvalue weighted by atomic mass is 10.1. The van der Waals surface area contributed by atoms with Crippen LogP contribution in [0, 0.1) is 11.8 Å². The van der Waals surface area contributed by atoms with Gasteiger partial charge in [0.25, 0.3) is 0 Å². The molecule has 86 valence electrons. The van der Waals surface area contributed by atoms with Crippen LogP contribution in [-0.4, -0.2) is 36.4 Å². The molecule has 0 aromatic carbocycles. The molecule has 1 atom stereocenters. The summed E-state index contributed by atoms with van der Waals surface area (Å²) in [5.41, 5.74) is 0. The monoisotopic (exact) mass is 220 g/mol. The lowest BCUT2D eigenvalue weighted by Crippen LogP contribution is -2.06. The van der Waals surface area contributed by atoms with Gasteiger partial charge in [0.1, 0.15) is 0 Å². The van der Waals surface area contributed by atoms with Gasteiger partial charge in [-0.1, -0.05) is 20.8 Å². The highest BCUT2D eigenvalue weighted by Crippen LogP contribution is 2.07. The quantitative estimate of drug-likeness (QED) is 0.605. The zero-order chi connectivity index (χ0) is 10.8. The fraction of sp³-hybridized carbons (Fsp3) is 1.00. The van der Waals surface area contributed by atoms with E-state index in [1.165, 1.54) is 0 Å². The number of aliphatic hydroxyl groups excluding tert-OH is 1. The summed E-state index contributed by atoms with van der Waals surface area (Å²) in [6.45, 7) is 8.50. The first kappa shape index (κ1) is 14.3. The molecule has 14 heavy (non-hydrogen) atoms. The third-order valence-corrected chi connectivity index (χ3v) is 3.19. The molecule has 0 aromatic rings. The molecule has 0 rings (SSSR count). The predicted octanol–water partition coefficient (Wildman–Crippen LogP) is 2.41. The molecule has 0 radical (unpaired) electrons. The van der Waals surface area contributed by atoms with E-state index < -0.39 is 0 Å². The Bertz CT molecular complexity index is 118. The lowest BCUT2D eigenvalue weighted by Gasteiger charge is -2.08. The Kier molecular flexibility index (Phi) is 10.0. The van der Waals surface area contributed by atoms with Crippen LogP contribution >= 0.6 is 11.8 Å². The van der Waals surface area contributed by atoms with Crippen LogP contribution in [0.5, 0.6) is 0 Å². The number of aliphatic hydroxyl groups is 1. The molecule has 3 heteroatoms. The summed E-state index contributed by atoms with van der Waals surface area (Å²) in [6.07, 6.45) is 1.15. The van der Waals surface area contributed by atoms with E-state index in [0.717, 1.165) is 37.1 Å². The van der Waals surface area contributed by atoms with Crippen molar-refractivity contribution in [2.24, 2.45) is 11.8 Å². The maximum Gasteiger partial charge on any atom is 0.0556 e. The second-order valence-corrected chi connectivity index (χ2v) is 5.31. The molecule has 0 fully saturated rings. The van der Waals surface area contributed by atoms with E-state index in [9.17, 15) is 0 Å². The lowest BCUT2D eigenvalue weighted by molar-refractivity contribution is 0.138. The summed E-state index contributed by atoms with van der Waals surface area (Å²) in [7, 11) is 0. The number of hydrogen-bond acceptors (Lipinski definition) is 3. The normalized spacial score (nSPS) is 13.5. The highest BCUT2D eigenvalue weighted by molar-refractivity contribution is 7.99. The maximum atomic E-state index is 8.79. The number of ether oxygens (including phenoxy) is 1. The average molecular weight is 220 g/mol. The van der Waals surface area contributed by atoms with Gasteiger partial charge in [0.05, 0.1) is 6.61 Å². The minimum Gasteiger partial charge on any atom is -0.396 e. The van der Waals surface area contributed by atoms with Crippen LogP contribution in [0.1, 0.15) is 27.2 Å². The molecule has 0 aliphatic heterocycles. The van der Waals surface area contributed by atoms with Crippen molar-refractivity contribution in [1.82, 2.24) is 0 Å². The van der Waals surface area contributed by atoms with Gasteiger partial charge in [0.15, 0.2) is 0 Å². The molecule has 0 spiro atoms. The zero-order valence-corrected chi connectivity index (χ0v) is 10.5. The highest BCUT2D eigenvalue weighted by atomic mass is 32.2. The molecule has 2 nitrogen and oxygen atoms in total. The molecule has 1 N–H and O–H groups in total. The number of hydrogen-bond donors (Lipinski definition) is 1. The Labute approximate surface area is 92.4 Å². The standard InChI is InChI=1S/C11H24O2S/c1-10(2)4-5-13-6-7-14-9-11(3)8-12/h10-12H,4-9H2,1-3H3. The Hall–Kier alpha value is 0.270. The summed E-state index contributed by atoms with van der Waals surface area (Å²) in [5.74, 6) is 3.22. The minimum atomic E-state index is 0.293. The second-order valence-electron chi connectivity index (χ2n) is 4.16. The van der Waals surface area contributed by atoms with Crippen LogP contribution in [0.4, 0.5) is 0 Å². The topological polar surface area (TPSA) is 29.5 Å². The van der Waals surface area contributed by atoms with E-state index in [2.05, 4.69) is 20.8 Å². The Morgan fingerprint density at radius 1 is 1.21 bits per heavy atom. The third-order valence-electron chi connectivity index (χ3n) is 1.93. The van der Waals surface area contributed by atoms with Crippen molar-refractivity contribution in [2.75, 3.05) is 31.3 Å². The van der Waals surface area contributed by atoms with Gasteiger partial charge in [-0.25, -0.2) is 0 Å². The molecule has 0 amide bonds. The molecule has 0 aliphatic rings. The number of rotatable bonds is 9. The number of thioether (sulfide) groups is 1. The highest BCUT2D eigenvalue weighted by Gasteiger charge is 1.99. The van der Waals surface area contributed by atoms with Crippen LogP contribution in [0.25, 0.3) is 0 Å². The van der Waals surface area contributed by atoms with Gasteiger partial charge in [-0.05, 0) is 24.0 Å². The second kappa shape index (κ2) is 9.81. The molecule has 0 saturated carbocycles. The van der Waals surface area contributed by atoms with Crippen molar-refractivity contribution in [3.05, 3.63) is 0 Å². The van der Waals surface area contributed by atoms with Crippen molar-refractivity contribution in [1.29, 1.82) is 0 Å². The molecular weight excluding hydrogens is 196 g/mol. The largest absolute Gasteiger partial charge is 0.396 e. The van der Waals surface area contributed by atoms with E-state index in [-0.39, 0.29) is 0 Å². The van der Waals surface area contributed by atoms with E-state index in [4.69, 9.17) is 9.84 Å². The minimum absolute atomic E-state index is 0.293. The van der Waals surface area contributed by atoms with Gasteiger partial charge in [0.2, 0.25) is 0 Å². The molecular formula is C11H24O2S. The van der Waals surface area contributed by atoms with E-state index in [0.29, 0.717) is 12.5 Å². The van der Waals surface area contributed by atoms with Gasteiger partial charge in [-0.2, -0.15) is 11.8 Å². The van der Waals surface area contributed by atoms with Crippen molar-refractivity contribution < 1.29 is 9.84 Å². The first-order chi connectivity index (χ1) is 6.66. The third kappa shape index (κ3) is 10.4. The maximum absolute atomic E-state index is 8.79. The van der Waals surface area contributed by atoms with Crippen molar-refractivity contribution in [3.8, 4) is 0 Å². The summed E-state index contributed by atoms with van der Waals surface area (Å²) in [4.78, 5) is 0. The molecule has 0 saturated heterocycles. The van der Waals surface area contributed by atoms with Crippen LogP contribution in [-0.2, 0) is 4.74 Å². The van der Waals surface area contributed by atoms with Gasteiger partial charge in [-0.3, -0.25) is 0 Å². The first-order valence-corrected chi connectivity index (χ1v) is 6.58. The van der Waals surface area contributed by atoms with Gasteiger partial charge in [-0.15, -0.1) is 0 Å². The fourth-order valence-electron chi connectivity index (χ4n) is 0.876. The molecule has 0 heterocycles. The Morgan fingerprint density at radius 3 is 2.50 bits per heavy atom. The SMILES string of the molecule is CC(C)CCOCCSCC(C)CO. The Balaban J connectivity index is 2.99. The van der Waals surface area contributed by atoms with E-state index >= 15 is 0 Å². The Morgan fingerprint density at radius 2 is 1.93 bits per heavy atom. The van der Waals surface area contributed by atoms with Crippen molar-refractivity contribution in [2.45, 2.75) is 27.2 Å². The van der Waals surface area contributed by atoms with Gasteiger partial charge < -0.3 is 9.84 Å². The van der Waals surface area contributed by atoms with Crippen LogP contribution in [0.15, 0.2) is 0 Å². The molecule has 0 aliphatic carbocycles. The van der Waals surface area contributed by atoms with Crippen molar-refractivity contribution in [3.63, 3.8) is 0 Å². The smallest absolute Gasteiger partial charge is 0.0556 e. The zero-order valence-electron chi connectivity index (χ0n) is 9.66. The predicted molar refractivity (Wildman–Crippen MR) is 63.8 cm³/mol. The van der Waals surface area contributed by atoms with E-state index in [1.807, 2.05) is 11.8 Å². The summed E-state index contributed by atoms with van der Waals surface area (Å²) >= 11 is 1.86. The van der Waals surface area contributed by atoms with Gasteiger partial charge >= 0.3 is 0 Å². The van der Waals surface area contributed by atoms with Crippen LogP contribution < -0.4 is 0 Å². The molecule has 0 aromatic heterocycles.